The van der Waals surface area contributed by atoms with Crippen LogP contribution in [0, 0.1) is 16.7 Å². The van der Waals surface area contributed by atoms with E-state index in [9.17, 15) is 24.6 Å². The standard InChI is InChI=1S/C24H32O9/c1-14-19(27)20(28)22(12-31-15(2)25)23(13-32-23)18(33-16(3)26)6-9-24(22,29)21(14,4)8-5-17-7-10-30-11-17/h7,10-11,14,18,20,28-29H,5-6,8-9,12-13H2,1-4H3/t14-,18+,20+,21+,22+,23-,24+/m1/s1. The number of carbonyl (C=O) groups excluding carboxylic acids is 3. The fraction of sp³-hybridized carbons (Fsp3) is 0.708. The van der Waals surface area contributed by atoms with Crippen molar-refractivity contribution in [2.75, 3.05) is 13.2 Å². The Morgan fingerprint density at radius 3 is 2.52 bits per heavy atom. The van der Waals surface area contributed by atoms with Gasteiger partial charge in [0.15, 0.2) is 5.78 Å². The highest BCUT2D eigenvalue weighted by molar-refractivity contribution is 5.89. The van der Waals surface area contributed by atoms with Gasteiger partial charge in [-0.15, -0.1) is 0 Å². The van der Waals surface area contributed by atoms with Crippen LogP contribution < -0.4 is 0 Å². The summed E-state index contributed by atoms with van der Waals surface area (Å²) in [5.74, 6) is -2.29. The molecule has 3 aliphatic rings. The number of epoxide rings is 1. The van der Waals surface area contributed by atoms with E-state index >= 15 is 0 Å². The Morgan fingerprint density at radius 1 is 1.27 bits per heavy atom. The van der Waals surface area contributed by atoms with Crippen molar-refractivity contribution in [1.82, 2.24) is 0 Å². The molecule has 1 aromatic rings. The largest absolute Gasteiger partial charge is 0.472 e. The van der Waals surface area contributed by atoms with Gasteiger partial charge in [-0.3, -0.25) is 14.4 Å². The van der Waals surface area contributed by atoms with E-state index in [-0.39, 0.29) is 19.4 Å². The SMILES string of the molecule is CC(=O)OC[C@@]12[C@@H](O)C(=O)[C@@H](C)[C@](C)(CCc3ccoc3)[C@@]1(O)CC[C@H](OC(C)=O)[C@]21CO1. The number of rotatable bonds is 6. The number of ether oxygens (including phenoxy) is 3. The van der Waals surface area contributed by atoms with Crippen molar-refractivity contribution in [2.24, 2.45) is 16.7 Å². The molecule has 0 unspecified atom stereocenters. The summed E-state index contributed by atoms with van der Waals surface area (Å²) in [6, 6.07) is 1.83. The number of aryl methyl sites for hydroxylation is 1. The van der Waals surface area contributed by atoms with Gasteiger partial charge >= 0.3 is 11.9 Å². The summed E-state index contributed by atoms with van der Waals surface area (Å²) in [5, 5.41) is 24.0. The monoisotopic (exact) mass is 464 g/mol. The zero-order valence-electron chi connectivity index (χ0n) is 19.5. The van der Waals surface area contributed by atoms with Gasteiger partial charge in [0.05, 0.1) is 24.7 Å². The van der Waals surface area contributed by atoms with Gasteiger partial charge < -0.3 is 28.8 Å². The number of fused-ring (bicyclic) bond motifs is 2. The van der Waals surface area contributed by atoms with Gasteiger partial charge in [-0.1, -0.05) is 13.8 Å². The molecule has 1 aromatic heterocycles. The summed E-state index contributed by atoms with van der Waals surface area (Å²) in [7, 11) is 0. The van der Waals surface area contributed by atoms with E-state index in [0.29, 0.717) is 12.8 Å². The summed E-state index contributed by atoms with van der Waals surface area (Å²) in [4.78, 5) is 37.2. The second kappa shape index (κ2) is 7.92. The number of esters is 2. The number of hydrogen-bond donors (Lipinski definition) is 2. The maximum atomic E-state index is 13.5. The van der Waals surface area contributed by atoms with E-state index < -0.39 is 64.5 Å². The normalized spacial score (nSPS) is 42.0. The van der Waals surface area contributed by atoms with Crippen LogP contribution in [0.15, 0.2) is 23.0 Å². The molecular weight excluding hydrogens is 432 g/mol. The van der Waals surface area contributed by atoms with Crippen molar-refractivity contribution < 1.29 is 43.2 Å². The van der Waals surface area contributed by atoms with Crippen molar-refractivity contribution in [2.45, 2.75) is 76.8 Å². The fourth-order valence-electron chi connectivity index (χ4n) is 6.51. The molecule has 3 fully saturated rings. The van der Waals surface area contributed by atoms with Crippen molar-refractivity contribution in [1.29, 1.82) is 0 Å². The smallest absolute Gasteiger partial charge is 0.303 e. The van der Waals surface area contributed by atoms with Crippen LogP contribution in [0.4, 0.5) is 0 Å². The Kier molecular flexibility index (Phi) is 5.74. The zero-order chi connectivity index (χ0) is 24.2. The summed E-state index contributed by atoms with van der Waals surface area (Å²) in [5.41, 5.74) is -4.77. The average molecular weight is 465 g/mol. The van der Waals surface area contributed by atoms with E-state index in [1.54, 1.807) is 19.5 Å². The molecule has 7 atom stereocenters. The first-order valence-corrected chi connectivity index (χ1v) is 11.3. The van der Waals surface area contributed by atoms with Crippen LogP contribution in [0.2, 0.25) is 0 Å². The van der Waals surface area contributed by atoms with Crippen LogP contribution in [0.1, 0.15) is 52.5 Å². The van der Waals surface area contributed by atoms with E-state index in [4.69, 9.17) is 18.6 Å². The molecule has 2 saturated carbocycles. The van der Waals surface area contributed by atoms with Gasteiger partial charge in [0.25, 0.3) is 0 Å². The third-order valence-corrected chi connectivity index (χ3v) is 8.62. The maximum absolute atomic E-state index is 13.5. The van der Waals surface area contributed by atoms with Gasteiger partial charge in [-0.05, 0) is 37.3 Å². The van der Waals surface area contributed by atoms with Crippen LogP contribution in [0.25, 0.3) is 0 Å². The van der Waals surface area contributed by atoms with E-state index in [1.807, 2.05) is 13.0 Å². The van der Waals surface area contributed by atoms with Gasteiger partial charge in [0.2, 0.25) is 0 Å². The Bertz CT molecular complexity index is 936. The molecule has 1 saturated heterocycles. The minimum Gasteiger partial charge on any atom is -0.472 e. The van der Waals surface area contributed by atoms with Gasteiger partial charge in [-0.2, -0.15) is 0 Å². The molecule has 2 heterocycles. The summed E-state index contributed by atoms with van der Waals surface area (Å²) in [6.45, 7) is 5.68. The first-order valence-electron chi connectivity index (χ1n) is 11.3. The van der Waals surface area contributed by atoms with Crippen LogP contribution >= 0.6 is 0 Å². The van der Waals surface area contributed by atoms with Gasteiger partial charge in [-0.25, -0.2) is 0 Å². The number of aliphatic hydroxyl groups is 2. The highest BCUT2D eigenvalue weighted by Crippen LogP contribution is 2.70. The first-order chi connectivity index (χ1) is 15.4. The quantitative estimate of drug-likeness (QED) is 0.475. The number of carbonyl (C=O) groups is 3. The molecular formula is C24H32O9. The molecule has 0 aromatic carbocycles. The Labute approximate surface area is 192 Å². The second-order valence-corrected chi connectivity index (χ2v) is 10.0. The number of hydrogen-bond acceptors (Lipinski definition) is 9. The lowest BCUT2D eigenvalue weighted by Gasteiger charge is -2.67. The summed E-state index contributed by atoms with van der Waals surface area (Å²) >= 11 is 0. The molecule has 4 rings (SSSR count). The highest BCUT2D eigenvalue weighted by Gasteiger charge is 2.85. The Morgan fingerprint density at radius 2 is 1.97 bits per heavy atom. The van der Waals surface area contributed by atoms with Crippen LogP contribution in [-0.2, 0) is 35.0 Å². The average Bonchev–Trinajstić information content (AvgIpc) is 3.37. The fourth-order valence-corrected chi connectivity index (χ4v) is 6.51. The molecule has 2 aliphatic carbocycles. The number of aliphatic hydroxyl groups excluding tert-OH is 1. The van der Waals surface area contributed by atoms with Gasteiger partial charge in [0.1, 0.15) is 29.8 Å². The van der Waals surface area contributed by atoms with Crippen molar-refractivity contribution in [3.63, 3.8) is 0 Å². The van der Waals surface area contributed by atoms with Crippen molar-refractivity contribution in [3.8, 4) is 0 Å². The molecule has 0 amide bonds. The number of Topliss-reactive ketones (excluding diaryl/α,β-unsaturated/α-hetero) is 1. The minimum atomic E-state index is -1.70. The van der Waals surface area contributed by atoms with E-state index in [2.05, 4.69) is 0 Å². The summed E-state index contributed by atoms with van der Waals surface area (Å²) < 4.78 is 22.0. The van der Waals surface area contributed by atoms with Crippen LogP contribution in [-0.4, -0.2) is 64.6 Å². The molecule has 1 aliphatic heterocycles. The van der Waals surface area contributed by atoms with E-state index in [0.717, 1.165) is 5.56 Å². The molecule has 33 heavy (non-hydrogen) atoms. The van der Waals surface area contributed by atoms with Gasteiger partial charge in [0, 0.05) is 25.2 Å². The molecule has 0 bridgehead atoms. The minimum absolute atomic E-state index is 0.0606. The second-order valence-electron chi connectivity index (χ2n) is 10.0. The third kappa shape index (κ3) is 3.19. The molecule has 2 N–H and O–H groups in total. The number of ketones is 1. The van der Waals surface area contributed by atoms with Crippen LogP contribution in [0.3, 0.4) is 0 Å². The lowest BCUT2D eigenvalue weighted by Crippen LogP contribution is -2.81. The Hall–Kier alpha value is -2.23. The highest BCUT2D eigenvalue weighted by atomic mass is 16.6. The van der Waals surface area contributed by atoms with E-state index in [1.165, 1.54) is 13.8 Å². The predicted octanol–water partition coefficient (Wildman–Crippen LogP) is 1.57. The summed E-state index contributed by atoms with van der Waals surface area (Å²) in [6.07, 6.45) is 2.09. The lowest BCUT2D eigenvalue weighted by molar-refractivity contribution is -0.305. The lowest BCUT2D eigenvalue weighted by atomic mass is 9.39. The molecule has 9 nitrogen and oxygen atoms in total. The molecule has 0 radical (unpaired) electrons. The predicted molar refractivity (Wildman–Crippen MR) is 113 cm³/mol. The maximum Gasteiger partial charge on any atom is 0.303 e. The van der Waals surface area contributed by atoms with Crippen molar-refractivity contribution in [3.05, 3.63) is 24.2 Å². The third-order valence-electron chi connectivity index (χ3n) is 8.62. The Balaban J connectivity index is 1.85. The van der Waals surface area contributed by atoms with Crippen molar-refractivity contribution >= 4 is 17.7 Å². The van der Waals surface area contributed by atoms with Crippen LogP contribution in [0.5, 0.6) is 0 Å². The number of furan rings is 1. The molecule has 1 spiro atoms. The molecule has 182 valence electrons. The zero-order valence-corrected chi connectivity index (χ0v) is 19.5. The first kappa shape index (κ1) is 23.9. The topological polar surface area (TPSA) is 136 Å². The molecule has 9 heteroatoms.